The third kappa shape index (κ3) is 3.81. The first-order valence-electron chi connectivity index (χ1n) is 6.40. The third-order valence-electron chi connectivity index (χ3n) is 2.60. The van der Waals surface area contributed by atoms with Gasteiger partial charge in [-0.2, -0.15) is 0 Å². The fourth-order valence-corrected chi connectivity index (χ4v) is 1.90. The van der Waals surface area contributed by atoms with Crippen LogP contribution in [0.2, 0.25) is 5.02 Å². The van der Waals surface area contributed by atoms with Crippen LogP contribution in [0.1, 0.15) is 26.2 Å². The lowest BCUT2D eigenvalue weighted by Crippen LogP contribution is -2.24. The standard InChI is InChI=1S/C14H16ClN3O2/c1-9(2)7-12(19)16-8-13-17-18-14(20-13)10-5-3-4-6-11(10)15/h3-6,9H,7-8H2,1-2H3,(H,16,19). The van der Waals surface area contributed by atoms with E-state index < -0.39 is 0 Å². The Morgan fingerprint density at radius 2 is 2.10 bits per heavy atom. The van der Waals surface area contributed by atoms with Gasteiger partial charge in [-0.15, -0.1) is 10.2 Å². The van der Waals surface area contributed by atoms with Crippen LogP contribution in [0, 0.1) is 5.92 Å². The molecular weight excluding hydrogens is 278 g/mol. The van der Waals surface area contributed by atoms with E-state index in [9.17, 15) is 4.79 Å². The fraction of sp³-hybridized carbons (Fsp3) is 0.357. The Balaban J connectivity index is 2.00. The van der Waals surface area contributed by atoms with Crippen LogP contribution in [0.3, 0.4) is 0 Å². The molecule has 0 radical (unpaired) electrons. The number of hydrogen-bond acceptors (Lipinski definition) is 4. The Morgan fingerprint density at radius 1 is 1.35 bits per heavy atom. The van der Waals surface area contributed by atoms with Crippen molar-refractivity contribution in [3.8, 4) is 11.5 Å². The number of aromatic nitrogens is 2. The van der Waals surface area contributed by atoms with E-state index in [0.29, 0.717) is 34.7 Å². The molecule has 0 aliphatic carbocycles. The number of carbonyl (C=O) groups is 1. The average molecular weight is 294 g/mol. The van der Waals surface area contributed by atoms with E-state index in [-0.39, 0.29) is 12.5 Å². The van der Waals surface area contributed by atoms with Gasteiger partial charge in [-0.3, -0.25) is 4.79 Å². The first-order chi connectivity index (χ1) is 9.56. The maximum Gasteiger partial charge on any atom is 0.249 e. The van der Waals surface area contributed by atoms with Gasteiger partial charge in [0.25, 0.3) is 0 Å². The normalized spacial score (nSPS) is 10.8. The molecule has 106 valence electrons. The molecule has 0 atom stereocenters. The largest absolute Gasteiger partial charge is 0.419 e. The van der Waals surface area contributed by atoms with Crippen LogP contribution in [0.5, 0.6) is 0 Å². The lowest BCUT2D eigenvalue weighted by Gasteiger charge is -2.04. The predicted octanol–water partition coefficient (Wildman–Crippen LogP) is 3.05. The summed E-state index contributed by atoms with van der Waals surface area (Å²) >= 11 is 6.06. The summed E-state index contributed by atoms with van der Waals surface area (Å²) in [4.78, 5) is 11.5. The first-order valence-corrected chi connectivity index (χ1v) is 6.78. The van der Waals surface area contributed by atoms with Crippen molar-refractivity contribution in [3.63, 3.8) is 0 Å². The molecule has 0 saturated carbocycles. The fourth-order valence-electron chi connectivity index (χ4n) is 1.69. The van der Waals surface area contributed by atoms with Crippen molar-refractivity contribution >= 4 is 17.5 Å². The Kier molecular flexibility index (Phi) is 4.74. The summed E-state index contributed by atoms with van der Waals surface area (Å²) in [6.45, 7) is 4.20. The van der Waals surface area contributed by atoms with E-state index in [4.69, 9.17) is 16.0 Å². The molecule has 0 saturated heterocycles. The number of hydrogen-bond donors (Lipinski definition) is 1. The molecule has 0 unspecified atom stereocenters. The molecule has 6 heteroatoms. The van der Waals surface area contributed by atoms with E-state index in [1.54, 1.807) is 12.1 Å². The molecular formula is C14H16ClN3O2. The topological polar surface area (TPSA) is 68.0 Å². The zero-order valence-corrected chi connectivity index (χ0v) is 12.1. The van der Waals surface area contributed by atoms with Gasteiger partial charge in [0.1, 0.15) is 0 Å². The molecule has 20 heavy (non-hydrogen) atoms. The third-order valence-corrected chi connectivity index (χ3v) is 2.93. The summed E-state index contributed by atoms with van der Waals surface area (Å²) < 4.78 is 5.48. The van der Waals surface area contributed by atoms with Gasteiger partial charge in [0.2, 0.25) is 17.7 Å². The maximum absolute atomic E-state index is 11.5. The molecule has 1 heterocycles. The minimum Gasteiger partial charge on any atom is -0.419 e. The minimum atomic E-state index is -0.0301. The maximum atomic E-state index is 11.5. The Labute approximate surface area is 122 Å². The van der Waals surface area contributed by atoms with E-state index in [2.05, 4.69) is 15.5 Å². The molecule has 0 aliphatic rings. The molecule has 0 aliphatic heterocycles. The molecule has 2 rings (SSSR count). The summed E-state index contributed by atoms with van der Waals surface area (Å²) in [6, 6.07) is 7.23. The number of rotatable bonds is 5. The molecule has 2 aromatic rings. The van der Waals surface area contributed by atoms with E-state index >= 15 is 0 Å². The number of carbonyl (C=O) groups excluding carboxylic acids is 1. The average Bonchev–Trinajstić information content (AvgIpc) is 2.85. The lowest BCUT2D eigenvalue weighted by atomic mass is 10.1. The minimum absolute atomic E-state index is 0.0301. The smallest absolute Gasteiger partial charge is 0.249 e. The van der Waals surface area contributed by atoms with Crippen molar-refractivity contribution in [2.45, 2.75) is 26.8 Å². The number of nitrogens with one attached hydrogen (secondary N) is 1. The zero-order chi connectivity index (χ0) is 14.5. The lowest BCUT2D eigenvalue weighted by molar-refractivity contribution is -0.122. The Morgan fingerprint density at radius 3 is 2.80 bits per heavy atom. The monoisotopic (exact) mass is 293 g/mol. The second kappa shape index (κ2) is 6.52. The SMILES string of the molecule is CC(C)CC(=O)NCc1nnc(-c2ccccc2Cl)o1. The van der Waals surface area contributed by atoms with Crippen LogP contribution in [0.4, 0.5) is 0 Å². The van der Waals surface area contributed by atoms with E-state index in [1.807, 2.05) is 26.0 Å². The van der Waals surface area contributed by atoms with Crippen LogP contribution in [0.25, 0.3) is 11.5 Å². The van der Waals surface area contributed by atoms with Gasteiger partial charge in [0.15, 0.2) is 0 Å². The molecule has 1 aromatic heterocycles. The summed E-state index contributed by atoms with van der Waals surface area (Å²) in [5, 5.41) is 11.1. The highest BCUT2D eigenvalue weighted by atomic mass is 35.5. The van der Waals surface area contributed by atoms with Crippen molar-refractivity contribution in [1.82, 2.24) is 15.5 Å². The molecule has 5 nitrogen and oxygen atoms in total. The van der Waals surface area contributed by atoms with Crippen molar-refractivity contribution in [2.24, 2.45) is 5.92 Å². The van der Waals surface area contributed by atoms with Gasteiger partial charge >= 0.3 is 0 Å². The number of benzene rings is 1. The highest BCUT2D eigenvalue weighted by Crippen LogP contribution is 2.26. The van der Waals surface area contributed by atoms with Crippen molar-refractivity contribution in [2.75, 3.05) is 0 Å². The van der Waals surface area contributed by atoms with E-state index in [0.717, 1.165) is 0 Å². The first kappa shape index (κ1) is 14.5. The molecule has 0 bridgehead atoms. The summed E-state index contributed by atoms with van der Waals surface area (Å²) in [5.41, 5.74) is 0.682. The second-order valence-electron chi connectivity index (χ2n) is 4.86. The van der Waals surface area contributed by atoms with Crippen LogP contribution >= 0.6 is 11.6 Å². The molecule has 0 spiro atoms. The van der Waals surface area contributed by atoms with Crippen LogP contribution in [-0.4, -0.2) is 16.1 Å². The van der Waals surface area contributed by atoms with Crippen molar-refractivity contribution in [3.05, 3.63) is 35.2 Å². The number of nitrogens with zero attached hydrogens (tertiary/aromatic N) is 2. The molecule has 1 amide bonds. The predicted molar refractivity (Wildman–Crippen MR) is 76.0 cm³/mol. The van der Waals surface area contributed by atoms with Gasteiger partial charge in [-0.1, -0.05) is 37.6 Å². The van der Waals surface area contributed by atoms with Gasteiger partial charge in [-0.25, -0.2) is 0 Å². The van der Waals surface area contributed by atoms with Crippen LogP contribution < -0.4 is 5.32 Å². The number of halogens is 1. The molecule has 1 aromatic carbocycles. The van der Waals surface area contributed by atoms with E-state index in [1.165, 1.54) is 0 Å². The zero-order valence-electron chi connectivity index (χ0n) is 11.4. The number of amides is 1. The second-order valence-corrected chi connectivity index (χ2v) is 5.26. The summed E-state index contributed by atoms with van der Waals surface area (Å²) in [7, 11) is 0. The van der Waals surface area contributed by atoms with Gasteiger partial charge < -0.3 is 9.73 Å². The van der Waals surface area contributed by atoms with Gasteiger partial charge in [0.05, 0.1) is 17.1 Å². The molecule has 1 N–H and O–H groups in total. The summed E-state index contributed by atoms with van der Waals surface area (Å²) in [6.07, 6.45) is 0.478. The van der Waals surface area contributed by atoms with Gasteiger partial charge in [0, 0.05) is 6.42 Å². The quantitative estimate of drug-likeness (QED) is 0.920. The van der Waals surface area contributed by atoms with Crippen molar-refractivity contribution < 1.29 is 9.21 Å². The molecule has 0 fully saturated rings. The van der Waals surface area contributed by atoms with Gasteiger partial charge in [-0.05, 0) is 18.1 Å². The van der Waals surface area contributed by atoms with Crippen LogP contribution in [0.15, 0.2) is 28.7 Å². The Bertz CT molecular complexity index is 596. The van der Waals surface area contributed by atoms with Crippen LogP contribution in [-0.2, 0) is 11.3 Å². The highest BCUT2D eigenvalue weighted by Gasteiger charge is 2.12. The highest BCUT2D eigenvalue weighted by molar-refractivity contribution is 6.33. The van der Waals surface area contributed by atoms with Crippen molar-refractivity contribution in [1.29, 1.82) is 0 Å². The Hall–Kier alpha value is -1.88. The summed E-state index contributed by atoms with van der Waals surface area (Å²) in [5.74, 6) is 0.995.